The summed E-state index contributed by atoms with van der Waals surface area (Å²) in [6, 6.07) is 15.6. The van der Waals surface area contributed by atoms with Gasteiger partial charge in [0.25, 0.3) is 0 Å². The Labute approximate surface area is 213 Å². The van der Waals surface area contributed by atoms with Gasteiger partial charge in [0.15, 0.2) is 11.6 Å². The number of halogens is 3. The smallest absolute Gasteiger partial charge is 0.387 e. The third-order valence-electron chi connectivity index (χ3n) is 5.08. The number of alkyl halides is 2. The van der Waals surface area contributed by atoms with Gasteiger partial charge in [0, 0.05) is 27.1 Å². The summed E-state index contributed by atoms with van der Waals surface area (Å²) in [5.74, 6) is 1.44. The molecule has 0 saturated heterocycles. The number of Topliss-reactive ketones (excluding diaryl/α,β-unsaturated/α-hetero) is 1. The highest BCUT2D eigenvalue weighted by Gasteiger charge is 2.18. The largest absolute Gasteiger partial charge is 0.486 e. The summed E-state index contributed by atoms with van der Waals surface area (Å²) in [4.78, 5) is 17.3. The molecule has 2 aromatic heterocycles. The SMILES string of the molecule is Cc1cc(C(=O)CSc2n[nH]c(COc3ccc(Br)cc3)n2)c(C)n1-c1ccc(OC(F)F)cc1. The van der Waals surface area contributed by atoms with E-state index >= 15 is 0 Å². The first-order valence-electron chi connectivity index (χ1n) is 10.5. The Hall–Kier alpha value is -3.18. The van der Waals surface area contributed by atoms with Crippen molar-refractivity contribution in [2.24, 2.45) is 0 Å². The number of aromatic nitrogens is 4. The van der Waals surface area contributed by atoms with Gasteiger partial charge in [-0.1, -0.05) is 27.7 Å². The maximum absolute atomic E-state index is 12.9. The average Bonchev–Trinajstić information content (AvgIpc) is 3.41. The first kappa shape index (κ1) is 24.9. The van der Waals surface area contributed by atoms with E-state index in [1.54, 1.807) is 12.1 Å². The number of carbonyl (C=O) groups is 1. The number of hydrogen-bond donors (Lipinski definition) is 1. The van der Waals surface area contributed by atoms with Gasteiger partial charge in [-0.3, -0.25) is 9.89 Å². The highest BCUT2D eigenvalue weighted by molar-refractivity contribution is 9.10. The van der Waals surface area contributed by atoms with Gasteiger partial charge in [-0.25, -0.2) is 4.98 Å². The van der Waals surface area contributed by atoms with E-state index in [9.17, 15) is 13.6 Å². The van der Waals surface area contributed by atoms with E-state index in [1.807, 2.05) is 48.7 Å². The molecule has 2 aromatic carbocycles. The van der Waals surface area contributed by atoms with E-state index in [0.29, 0.717) is 22.3 Å². The van der Waals surface area contributed by atoms with Crippen LogP contribution in [0.25, 0.3) is 5.69 Å². The van der Waals surface area contributed by atoms with E-state index in [1.165, 1.54) is 23.9 Å². The van der Waals surface area contributed by atoms with Crippen LogP contribution in [-0.4, -0.2) is 37.9 Å². The standard InChI is InChI=1S/C24H21BrF2N4O3S/c1-14-11-20(15(2)31(14)17-5-9-19(10-6-17)34-23(26)27)21(32)13-35-24-28-22(29-30-24)12-33-18-7-3-16(25)4-8-18/h3-11,23H,12-13H2,1-2H3,(H,28,29,30). The zero-order valence-corrected chi connectivity index (χ0v) is 21.2. The van der Waals surface area contributed by atoms with Gasteiger partial charge in [-0.15, -0.1) is 5.10 Å². The van der Waals surface area contributed by atoms with Crippen molar-refractivity contribution in [3.63, 3.8) is 0 Å². The zero-order chi connectivity index (χ0) is 24.9. The van der Waals surface area contributed by atoms with E-state index < -0.39 is 6.61 Å². The maximum Gasteiger partial charge on any atom is 0.387 e. The third kappa shape index (κ3) is 6.29. The molecule has 1 N–H and O–H groups in total. The molecule has 4 aromatic rings. The number of nitrogens with zero attached hydrogens (tertiary/aromatic N) is 3. The van der Waals surface area contributed by atoms with Crippen LogP contribution in [0.5, 0.6) is 11.5 Å². The Morgan fingerprint density at radius 2 is 1.80 bits per heavy atom. The van der Waals surface area contributed by atoms with E-state index in [-0.39, 0.29) is 23.9 Å². The molecule has 11 heteroatoms. The minimum Gasteiger partial charge on any atom is -0.486 e. The molecule has 0 amide bonds. The van der Waals surface area contributed by atoms with Crippen molar-refractivity contribution < 1.29 is 23.0 Å². The summed E-state index contributed by atoms with van der Waals surface area (Å²) in [7, 11) is 0. The Bertz CT molecular complexity index is 1310. The number of hydrogen-bond acceptors (Lipinski definition) is 6. The summed E-state index contributed by atoms with van der Waals surface area (Å²) in [5.41, 5.74) is 2.94. The molecule has 0 fully saturated rings. The van der Waals surface area contributed by atoms with Gasteiger partial charge >= 0.3 is 6.61 Å². The molecule has 0 spiro atoms. The zero-order valence-electron chi connectivity index (χ0n) is 18.8. The quantitative estimate of drug-likeness (QED) is 0.185. The fourth-order valence-electron chi connectivity index (χ4n) is 3.52. The lowest BCUT2D eigenvalue weighted by molar-refractivity contribution is -0.0498. The second kappa shape index (κ2) is 11.0. The highest BCUT2D eigenvalue weighted by Crippen LogP contribution is 2.25. The maximum atomic E-state index is 12.9. The van der Waals surface area contributed by atoms with Crippen molar-refractivity contribution in [3.8, 4) is 17.2 Å². The molecular formula is C24H21BrF2N4O3S. The first-order chi connectivity index (χ1) is 16.8. The van der Waals surface area contributed by atoms with Crippen LogP contribution in [0.2, 0.25) is 0 Å². The normalized spacial score (nSPS) is 11.1. The predicted molar refractivity (Wildman–Crippen MR) is 132 cm³/mol. The first-order valence-corrected chi connectivity index (χ1v) is 12.3. The molecule has 2 heterocycles. The molecule has 4 rings (SSSR count). The van der Waals surface area contributed by atoms with Gasteiger partial charge in [0.1, 0.15) is 18.1 Å². The molecule has 0 saturated carbocycles. The number of aryl methyl sites for hydroxylation is 1. The van der Waals surface area contributed by atoms with Crippen molar-refractivity contribution in [1.82, 2.24) is 19.7 Å². The van der Waals surface area contributed by atoms with Crippen molar-refractivity contribution >= 4 is 33.5 Å². The number of H-pyrrole nitrogens is 1. The number of ether oxygens (including phenoxy) is 2. The van der Waals surface area contributed by atoms with Gasteiger partial charge in [-0.05, 0) is 68.4 Å². The second-order valence-electron chi connectivity index (χ2n) is 7.51. The van der Waals surface area contributed by atoms with Gasteiger partial charge < -0.3 is 14.0 Å². The van der Waals surface area contributed by atoms with Gasteiger partial charge in [0.2, 0.25) is 5.16 Å². The number of thioether (sulfide) groups is 1. The van der Waals surface area contributed by atoms with Crippen LogP contribution < -0.4 is 9.47 Å². The fourth-order valence-corrected chi connectivity index (χ4v) is 4.48. The predicted octanol–water partition coefficient (Wildman–Crippen LogP) is 6.13. The molecule has 0 aliphatic heterocycles. The lowest BCUT2D eigenvalue weighted by atomic mass is 10.2. The summed E-state index contributed by atoms with van der Waals surface area (Å²) < 4.78 is 37.7. The Morgan fingerprint density at radius 3 is 2.49 bits per heavy atom. The van der Waals surface area contributed by atoms with Gasteiger partial charge in [0.05, 0.1) is 5.75 Å². The van der Waals surface area contributed by atoms with Crippen LogP contribution >= 0.6 is 27.7 Å². The molecular weight excluding hydrogens is 542 g/mol. The third-order valence-corrected chi connectivity index (χ3v) is 6.46. The minimum absolute atomic E-state index is 0.0653. The fraction of sp³-hybridized carbons (Fsp3) is 0.208. The summed E-state index contributed by atoms with van der Waals surface area (Å²) >= 11 is 4.61. The summed E-state index contributed by atoms with van der Waals surface area (Å²) in [6.45, 7) is 1.08. The Kier molecular flexibility index (Phi) is 7.86. The van der Waals surface area contributed by atoms with Crippen LogP contribution in [0.1, 0.15) is 27.6 Å². The number of rotatable bonds is 10. The molecule has 0 aliphatic rings. The number of ketones is 1. The molecule has 0 radical (unpaired) electrons. The molecule has 35 heavy (non-hydrogen) atoms. The Morgan fingerprint density at radius 1 is 1.11 bits per heavy atom. The number of aromatic amines is 1. The Balaban J connectivity index is 1.37. The van der Waals surface area contributed by atoms with Crippen molar-refractivity contribution in [2.45, 2.75) is 32.2 Å². The van der Waals surface area contributed by atoms with E-state index in [0.717, 1.165) is 21.5 Å². The molecule has 0 unspecified atom stereocenters. The van der Waals surface area contributed by atoms with Crippen LogP contribution in [-0.2, 0) is 6.61 Å². The molecule has 0 bridgehead atoms. The van der Waals surface area contributed by atoms with Crippen LogP contribution in [0.4, 0.5) is 8.78 Å². The topological polar surface area (TPSA) is 82.0 Å². The molecule has 7 nitrogen and oxygen atoms in total. The number of nitrogens with one attached hydrogen (secondary N) is 1. The number of carbonyl (C=O) groups excluding carboxylic acids is 1. The highest BCUT2D eigenvalue weighted by atomic mass is 79.9. The van der Waals surface area contributed by atoms with Crippen molar-refractivity contribution in [1.29, 1.82) is 0 Å². The lowest BCUT2D eigenvalue weighted by Crippen LogP contribution is -2.06. The molecule has 182 valence electrons. The summed E-state index contributed by atoms with van der Waals surface area (Å²) in [6.07, 6.45) is 0. The lowest BCUT2D eigenvalue weighted by Gasteiger charge is -2.11. The number of benzene rings is 2. The minimum atomic E-state index is -2.88. The van der Waals surface area contributed by atoms with Crippen LogP contribution in [0.3, 0.4) is 0 Å². The van der Waals surface area contributed by atoms with E-state index in [4.69, 9.17) is 4.74 Å². The molecule has 0 aliphatic carbocycles. The molecule has 0 atom stereocenters. The van der Waals surface area contributed by atoms with E-state index in [2.05, 4.69) is 35.8 Å². The monoisotopic (exact) mass is 562 g/mol. The second-order valence-corrected chi connectivity index (χ2v) is 9.37. The summed E-state index contributed by atoms with van der Waals surface area (Å²) in [5, 5.41) is 7.43. The van der Waals surface area contributed by atoms with Crippen molar-refractivity contribution in [2.75, 3.05) is 5.75 Å². The van der Waals surface area contributed by atoms with Gasteiger partial charge in [-0.2, -0.15) is 8.78 Å². The van der Waals surface area contributed by atoms with Crippen LogP contribution in [0.15, 0.2) is 64.2 Å². The average molecular weight is 563 g/mol. The van der Waals surface area contributed by atoms with Crippen LogP contribution in [0, 0.1) is 13.8 Å². The van der Waals surface area contributed by atoms with Crippen molar-refractivity contribution in [3.05, 3.63) is 81.8 Å².